The molecule has 0 aromatic carbocycles. The van der Waals surface area contributed by atoms with Crippen LogP contribution < -0.4 is 0 Å². The lowest BCUT2D eigenvalue weighted by Crippen LogP contribution is -2.32. The molecule has 86 valence electrons. The predicted molar refractivity (Wildman–Crippen MR) is 55.4 cm³/mol. The van der Waals surface area contributed by atoms with E-state index in [1.807, 2.05) is 6.92 Å². The van der Waals surface area contributed by atoms with Gasteiger partial charge in [-0.1, -0.05) is 0 Å². The van der Waals surface area contributed by atoms with Crippen LogP contribution in [0, 0.1) is 0 Å². The molecule has 1 amide bonds. The van der Waals surface area contributed by atoms with Gasteiger partial charge < -0.3 is 14.4 Å². The van der Waals surface area contributed by atoms with Gasteiger partial charge in [0.25, 0.3) is 5.91 Å². The molecule has 16 heavy (non-hydrogen) atoms. The predicted octanol–water partition coefficient (Wildman–Crippen LogP) is 1.60. The number of hydrogen-bond acceptors (Lipinski definition) is 3. The molecule has 5 nitrogen and oxygen atoms in total. The first-order valence-corrected chi connectivity index (χ1v) is 5.26. The molecule has 0 unspecified atom stereocenters. The van der Waals surface area contributed by atoms with E-state index in [0.717, 1.165) is 19.1 Å². The van der Waals surface area contributed by atoms with Gasteiger partial charge in [-0.15, -0.1) is 0 Å². The van der Waals surface area contributed by atoms with Crippen molar-refractivity contribution in [2.24, 2.45) is 0 Å². The third-order valence-corrected chi connectivity index (χ3v) is 2.65. The molecular formula is C11H13NO4. The topological polar surface area (TPSA) is 70.8 Å². The van der Waals surface area contributed by atoms with Crippen LogP contribution >= 0.6 is 0 Å². The van der Waals surface area contributed by atoms with Gasteiger partial charge >= 0.3 is 5.97 Å². The van der Waals surface area contributed by atoms with E-state index in [1.54, 1.807) is 4.90 Å². The first-order valence-electron chi connectivity index (χ1n) is 5.26. The first-order chi connectivity index (χ1) is 7.63. The second-order valence-corrected chi connectivity index (χ2v) is 3.83. The number of carbonyl (C=O) groups is 2. The molecule has 5 heteroatoms. The van der Waals surface area contributed by atoms with Gasteiger partial charge in [-0.05, 0) is 19.8 Å². The van der Waals surface area contributed by atoms with Crippen molar-refractivity contribution < 1.29 is 19.1 Å². The van der Waals surface area contributed by atoms with Crippen molar-refractivity contribution >= 4 is 11.9 Å². The molecule has 1 aliphatic carbocycles. The van der Waals surface area contributed by atoms with Gasteiger partial charge in [0.15, 0.2) is 5.76 Å². The molecule has 1 aromatic rings. The Kier molecular flexibility index (Phi) is 2.68. The third kappa shape index (κ3) is 1.93. The van der Waals surface area contributed by atoms with E-state index in [-0.39, 0.29) is 17.2 Å². The van der Waals surface area contributed by atoms with Crippen molar-refractivity contribution in [3.8, 4) is 0 Å². The summed E-state index contributed by atoms with van der Waals surface area (Å²) in [5.74, 6) is -1.21. The Hall–Kier alpha value is -1.78. The number of carboxylic acids is 1. The minimum atomic E-state index is -1.09. The molecule has 0 aliphatic heterocycles. The van der Waals surface area contributed by atoms with Crippen molar-refractivity contribution in [1.29, 1.82) is 0 Å². The number of aromatic carboxylic acids is 1. The Bertz CT molecular complexity index is 419. The van der Waals surface area contributed by atoms with E-state index in [9.17, 15) is 9.59 Å². The van der Waals surface area contributed by atoms with Crippen LogP contribution in [0.4, 0.5) is 0 Å². The molecule has 1 fully saturated rings. The van der Waals surface area contributed by atoms with Crippen molar-refractivity contribution in [2.45, 2.75) is 25.8 Å². The van der Waals surface area contributed by atoms with Gasteiger partial charge in [0.2, 0.25) is 0 Å². The molecule has 1 saturated carbocycles. The second-order valence-electron chi connectivity index (χ2n) is 3.83. The Labute approximate surface area is 92.7 Å². The van der Waals surface area contributed by atoms with E-state index in [1.165, 1.54) is 6.07 Å². The standard InChI is InChI=1S/C11H13NO4/c1-2-12(8-3-4-8)10(13)9-5-7(6-16-9)11(14)15/h5-6,8H,2-4H2,1H3,(H,14,15). The largest absolute Gasteiger partial charge is 0.478 e. The zero-order chi connectivity index (χ0) is 11.7. The van der Waals surface area contributed by atoms with E-state index in [2.05, 4.69) is 0 Å². The molecule has 1 aromatic heterocycles. The van der Waals surface area contributed by atoms with Gasteiger partial charge in [0.1, 0.15) is 6.26 Å². The Morgan fingerprint density at radius 3 is 2.69 bits per heavy atom. The Morgan fingerprint density at radius 2 is 2.25 bits per heavy atom. The maximum absolute atomic E-state index is 11.9. The van der Waals surface area contributed by atoms with Crippen LogP contribution in [0.25, 0.3) is 0 Å². The summed E-state index contributed by atoms with van der Waals surface area (Å²) in [5, 5.41) is 8.71. The van der Waals surface area contributed by atoms with Gasteiger partial charge in [-0.25, -0.2) is 4.79 Å². The average molecular weight is 223 g/mol. The number of amides is 1. The molecule has 0 atom stereocenters. The van der Waals surface area contributed by atoms with Crippen molar-refractivity contribution in [1.82, 2.24) is 4.90 Å². The fourth-order valence-electron chi connectivity index (χ4n) is 1.66. The molecule has 1 N–H and O–H groups in total. The van der Waals surface area contributed by atoms with E-state index >= 15 is 0 Å². The SMILES string of the molecule is CCN(C(=O)c1cc(C(=O)O)co1)C1CC1. The summed E-state index contributed by atoms with van der Waals surface area (Å²) in [4.78, 5) is 24.3. The lowest BCUT2D eigenvalue weighted by molar-refractivity contribution is 0.0693. The minimum Gasteiger partial charge on any atom is -0.478 e. The summed E-state index contributed by atoms with van der Waals surface area (Å²) in [5.41, 5.74) is 0.00944. The summed E-state index contributed by atoms with van der Waals surface area (Å²) < 4.78 is 4.98. The van der Waals surface area contributed by atoms with Crippen LogP contribution in [0.1, 0.15) is 40.7 Å². The highest BCUT2D eigenvalue weighted by atomic mass is 16.4. The fraction of sp³-hybridized carbons (Fsp3) is 0.455. The lowest BCUT2D eigenvalue weighted by Gasteiger charge is -2.18. The van der Waals surface area contributed by atoms with Crippen LogP contribution in [-0.2, 0) is 0 Å². The van der Waals surface area contributed by atoms with Crippen LogP contribution in [0.15, 0.2) is 16.7 Å². The summed E-state index contributed by atoms with van der Waals surface area (Å²) in [6.45, 7) is 2.52. The van der Waals surface area contributed by atoms with Gasteiger partial charge in [0.05, 0.1) is 5.56 Å². The third-order valence-electron chi connectivity index (χ3n) is 2.65. The Balaban J connectivity index is 2.15. The van der Waals surface area contributed by atoms with Crippen LogP contribution in [0.3, 0.4) is 0 Å². The number of hydrogen-bond donors (Lipinski definition) is 1. The minimum absolute atomic E-state index is 0.00944. The molecule has 0 bridgehead atoms. The average Bonchev–Trinajstić information content (AvgIpc) is 2.96. The van der Waals surface area contributed by atoms with Crippen molar-refractivity contribution in [3.05, 3.63) is 23.7 Å². The monoisotopic (exact) mass is 223 g/mol. The molecular weight excluding hydrogens is 210 g/mol. The van der Waals surface area contributed by atoms with Crippen molar-refractivity contribution in [2.75, 3.05) is 6.54 Å². The summed E-state index contributed by atoms with van der Waals surface area (Å²) >= 11 is 0. The van der Waals surface area contributed by atoms with Gasteiger partial charge in [-0.2, -0.15) is 0 Å². The van der Waals surface area contributed by atoms with Gasteiger partial charge in [0, 0.05) is 18.7 Å². The summed E-state index contributed by atoms with van der Waals surface area (Å²) in [6, 6.07) is 1.58. The number of carboxylic acid groups (broad SMARTS) is 1. The number of nitrogens with zero attached hydrogens (tertiary/aromatic N) is 1. The molecule has 0 saturated heterocycles. The Morgan fingerprint density at radius 1 is 1.56 bits per heavy atom. The highest BCUT2D eigenvalue weighted by Gasteiger charge is 2.33. The molecule has 1 aliphatic rings. The molecule has 0 spiro atoms. The van der Waals surface area contributed by atoms with E-state index in [4.69, 9.17) is 9.52 Å². The summed E-state index contributed by atoms with van der Waals surface area (Å²) in [6.07, 6.45) is 3.13. The number of furan rings is 1. The van der Waals surface area contributed by atoms with Gasteiger partial charge in [-0.3, -0.25) is 4.79 Å². The van der Waals surface area contributed by atoms with Crippen LogP contribution in [-0.4, -0.2) is 34.5 Å². The first kappa shape index (κ1) is 10.7. The highest BCUT2D eigenvalue weighted by molar-refractivity contribution is 5.95. The normalized spacial score (nSPS) is 14.8. The highest BCUT2D eigenvalue weighted by Crippen LogP contribution is 2.28. The quantitative estimate of drug-likeness (QED) is 0.841. The van der Waals surface area contributed by atoms with Crippen molar-refractivity contribution in [3.63, 3.8) is 0 Å². The number of carbonyl (C=O) groups excluding carboxylic acids is 1. The fourth-order valence-corrected chi connectivity index (χ4v) is 1.66. The zero-order valence-electron chi connectivity index (χ0n) is 8.97. The molecule has 0 radical (unpaired) electrons. The zero-order valence-corrected chi connectivity index (χ0v) is 8.97. The van der Waals surface area contributed by atoms with Crippen LogP contribution in [0.5, 0.6) is 0 Å². The van der Waals surface area contributed by atoms with Crippen LogP contribution in [0.2, 0.25) is 0 Å². The van der Waals surface area contributed by atoms with E-state index < -0.39 is 5.97 Å². The number of rotatable bonds is 4. The molecule has 2 rings (SSSR count). The van der Waals surface area contributed by atoms with E-state index in [0.29, 0.717) is 12.6 Å². The smallest absolute Gasteiger partial charge is 0.338 e. The maximum atomic E-state index is 11.9. The lowest BCUT2D eigenvalue weighted by atomic mass is 10.3. The second kappa shape index (κ2) is 4.00. The summed E-state index contributed by atoms with van der Waals surface area (Å²) in [7, 11) is 0. The maximum Gasteiger partial charge on any atom is 0.338 e. The molecule has 1 heterocycles.